The van der Waals surface area contributed by atoms with E-state index in [4.69, 9.17) is 10.5 Å². The smallest absolute Gasteiger partial charge is 0.219 e. The molecular formula is C12H11BrN2O. The Bertz CT molecular complexity index is 474. The summed E-state index contributed by atoms with van der Waals surface area (Å²) in [5.41, 5.74) is 6.60. The number of hydrogen-bond acceptors (Lipinski definition) is 3. The molecule has 16 heavy (non-hydrogen) atoms. The topological polar surface area (TPSA) is 48.1 Å². The van der Waals surface area contributed by atoms with Crippen LogP contribution in [-0.2, 0) is 6.54 Å². The lowest BCUT2D eigenvalue weighted by molar-refractivity contribution is 0.457. The summed E-state index contributed by atoms with van der Waals surface area (Å²) in [6.07, 6.45) is 1.69. The molecule has 2 rings (SSSR count). The van der Waals surface area contributed by atoms with Crippen molar-refractivity contribution in [1.29, 1.82) is 0 Å². The van der Waals surface area contributed by atoms with Gasteiger partial charge < -0.3 is 10.5 Å². The zero-order chi connectivity index (χ0) is 11.4. The Morgan fingerprint density at radius 3 is 2.81 bits per heavy atom. The second kappa shape index (κ2) is 5.09. The van der Waals surface area contributed by atoms with Gasteiger partial charge in [0.1, 0.15) is 5.75 Å². The molecule has 0 atom stereocenters. The minimum atomic E-state index is 0.432. The normalized spacial score (nSPS) is 10.1. The molecule has 2 N–H and O–H groups in total. The third-order valence-corrected chi connectivity index (χ3v) is 2.59. The fraction of sp³-hybridized carbons (Fsp3) is 0.0833. The number of rotatable bonds is 3. The van der Waals surface area contributed by atoms with E-state index < -0.39 is 0 Å². The lowest BCUT2D eigenvalue weighted by Crippen LogP contribution is -1.99. The molecule has 0 unspecified atom stereocenters. The quantitative estimate of drug-likeness (QED) is 0.939. The van der Waals surface area contributed by atoms with Crippen molar-refractivity contribution in [1.82, 2.24) is 4.98 Å². The Morgan fingerprint density at radius 1 is 1.25 bits per heavy atom. The van der Waals surface area contributed by atoms with E-state index in [1.54, 1.807) is 6.20 Å². The summed E-state index contributed by atoms with van der Waals surface area (Å²) < 4.78 is 6.63. The maximum absolute atomic E-state index is 5.65. The fourth-order valence-electron chi connectivity index (χ4n) is 1.33. The van der Waals surface area contributed by atoms with Crippen LogP contribution in [0.15, 0.2) is 47.1 Å². The minimum absolute atomic E-state index is 0.432. The van der Waals surface area contributed by atoms with Gasteiger partial charge in [-0.25, -0.2) is 4.98 Å². The summed E-state index contributed by atoms with van der Waals surface area (Å²) in [6.45, 7) is 0.432. The van der Waals surface area contributed by atoms with Gasteiger partial charge in [0.25, 0.3) is 0 Å². The van der Waals surface area contributed by atoms with Crippen molar-refractivity contribution in [2.45, 2.75) is 6.54 Å². The largest absolute Gasteiger partial charge is 0.439 e. The van der Waals surface area contributed by atoms with Gasteiger partial charge in [0.15, 0.2) is 0 Å². The molecule has 2 aromatic rings. The van der Waals surface area contributed by atoms with Crippen molar-refractivity contribution in [3.63, 3.8) is 0 Å². The van der Waals surface area contributed by atoms with Crippen LogP contribution in [0.3, 0.4) is 0 Å². The molecule has 4 heteroatoms. The van der Waals surface area contributed by atoms with Crippen molar-refractivity contribution in [2.75, 3.05) is 0 Å². The number of nitrogens with two attached hydrogens (primary N) is 1. The second-order valence-electron chi connectivity index (χ2n) is 3.23. The number of pyridine rings is 1. The molecule has 3 nitrogen and oxygen atoms in total. The van der Waals surface area contributed by atoms with Crippen LogP contribution in [0.5, 0.6) is 11.6 Å². The van der Waals surface area contributed by atoms with Crippen LogP contribution in [0.25, 0.3) is 0 Å². The highest BCUT2D eigenvalue weighted by Gasteiger charge is 2.04. The fourth-order valence-corrected chi connectivity index (χ4v) is 1.74. The second-order valence-corrected chi connectivity index (χ2v) is 4.14. The van der Waals surface area contributed by atoms with Gasteiger partial charge in [-0.1, -0.05) is 22.0 Å². The van der Waals surface area contributed by atoms with Crippen molar-refractivity contribution in [3.05, 3.63) is 52.6 Å². The number of ether oxygens (including phenoxy) is 1. The van der Waals surface area contributed by atoms with Gasteiger partial charge >= 0.3 is 0 Å². The van der Waals surface area contributed by atoms with E-state index in [2.05, 4.69) is 20.9 Å². The minimum Gasteiger partial charge on any atom is -0.439 e. The van der Waals surface area contributed by atoms with Gasteiger partial charge in [0, 0.05) is 28.8 Å². The lowest BCUT2D eigenvalue weighted by atomic mass is 10.2. The average molecular weight is 279 g/mol. The number of hydrogen-bond donors (Lipinski definition) is 1. The van der Waals surface area contributed by atoms with Crippen LogP contribution in [-0.4, -0.2) is 4.98 Å². The maximum atomic E-state index is 5.65. The summed E-state index contributed by atoms with van der Waals surface area (Å²) >= 11 is 3.40. The van der Waals surface area contributed by atoms with Gasteiger partial charge in [-0.15, -0.1) is 0 Å². The molecule has 0 amide bonds. The standard InChI is InChI=1S/C12H11BrN2O/c13-10-4-5-11(9(7-10)8-14)16-12-3-1-2-6-15-12/h1-7H,8,14H2. The molecule has 1 aromatic carbocycles. The third kappa shape index (κ3) is 2.59. The Labute approximate surface area is 102 Å². The van der Waals surface area contributed by atoms with E-state index >= 15 is 0 Å². The van der Waals surface area contributed by atoms with E-state index in [1.165, 1.54) is 0 Å². The molecule has 0 aliphatic carbocycles. The number of aromatic nitrogens is 1. The highest BCUT2D eigenvalue weighted by molar-refractivity contribution is 9.10. The maximum Gasteiger partial charge on any atom is 0.219 e. The number of halogens is 1. The molecule has 0 aliphatic heterocycles. The summed E-state index contributed by atoms with van der Waals surface area (Å²) in [7, 11) is 0. The summed E-state index contributed by atoms with van der Waals surface area (Å²) in [6, 6.07) is 11.3. The SMILES string of the molecule is NCc1cc(Br)ccc1Oc1ccccn1. The van der Waals surface area contributed by atoms with Crippen LogP contribution >= 0.6 is 15.9 Å². The Kier molecular flexibility index (Phi) is 3.54. The van der Waals surface area contributed by atoms with Crippen LogP contribution in [0.1, 0.15) is 5.56 Å². The summed E-state index contributed by atoms with van der Waals surface area (Å²) in [4.78, 5) is 4.10. The van der Waals surface area contributed by atoms with Crippen LogP contribution < -0.4 is 10.5 Å². The molecule has 1 heterocycles. The molecule has 1 aromatic heterocycles. The summed E-state index contributed by atoms with van der Waals surface area (Å²) in [5, 5.41) is 0. The zero-order valence-corrected chi connectivity index (χ0v) is 10.1. The van der Waals surface area contributed by atoms with Gasteiger partial charge in [0.05, 0.1) is 0 Å². The zero-order valence-electron chi connectivity index (χ0n) is 8.56. The first-order valence-corrected chi connectivity index (χ1v) is 5.66. The van der Waals surface area contributed by atoms with E-state index in [1.807, 2.05) is 36.4 Å². The Balaban J connectivity index is 2.28. The van der Waals surface area contributed by atoms with Gasteiger partial charge in [-0.3, -0.25) is 0 Å². The molecular weight excluding hydrogens is 268 g/mol. The van der Waals surface area contributed by atoms with Crippen molar-refractivity contribution >= 4 is 15.9 Å². The first-order valence-electron chi connectivity index (χ1n) is 4.87. The molecule has 0 fully saturated rings. The van der Waals surface area contributed by atoms with Gasteiger partial charge in [-0.05, 0) is 24.3 Å². The molecule has 0 aliphatic rings. The Hall–Kier alpha value is -1.39. The van der Waals surface area contributed by atoms with E-state index in [9.17, 15) is 0 Å². The predicted octanol–water partition coefficient (Wildman–Crippen LogP) is 3.10. The van der Waals surface area contributed by atoms with E-state index in [0.29, 0.717) is 12.4 Å². The van der Waals surface area contributed by atoms with Crippen LogP contribution in [0.2, 0.25) is 0 Å². The average Bonchev–Trinajstić information content (AvgIpc) is 2.33. The molecule has 0 saturated heterocycles. The summed E-state index contributed by atoms with van der Waals surface area (Å²) in [5.74, 6) is 1.31. The number of nitrogens with zero attached hydrogens (tertiary/aromatic N) is 1. The van der Waals surface area contributed by atoms with Gasteiger partial charge in [-0.2, -0.15) is 0 Å². The number of benzene rings is 1. The van der Waals surface area contributed by atoms with Gasteiger partial charge in [0.2, 0.25) is 5.88 Å². The molecule has 0 spiro atoms. The molecule has 82 valence electrons. The molecule has 0 saturated carbocycles. The van der Waals surface area contributed by atoms with E-state index in [0.717, 1.165) is 15.8 Å². The van der Waals surface area contributed by atoms with Crippen molar-refractivity contribution in [2.24, 2.45) is 5.73 Å². The molecule has 0 bridgehead atoms. The third-order valence-electron chi connectivity index (χ3n) is 2.09. The molecule has 0 radical (unpaired) electrons. The Morgan fingerprint density at radius 2 is 2.12 bits per heavy atom. The predicted molar refractivity (Wildman–Crippen MR) is 66.3 cm³/mol. The van der Waals surface area contributed by atoms with Crippen molar-refractivity contribution < 1.29 is 4.74 Å². The lowest BCUT2D eigenvalue weighted by Gasteiger charge is -2.09. The van der Waals surface area contributed by atoms with E-state index in [-0.39, 0.29) is 0 Å². The first kappa shape index (κ1) is 11.1. The highest BCUT2D eigenvalue weighted by atomic mass is 79.9. The highest BCUT2D eigenvalue weighted by Crippen LogP contribution is 2.26. The van der Waals surface area contributed by atoms with Crippen molar-refractivity contribution in [3.8, 4) is 11.6 Å². The van der Waals surface area contributed by atoms with Crippen LogP contribution in [0.4, 0.5) is 0 Å². The van der Waals surface area contributed by atoms with Crippen LogP contribution in [0, 0.1) is 0 Å². The monoisotopic (exact) mass is 278 g/mol. The first-order chi connectivity index (χ1) is 7.79.